The fourth-order valence-electron chi connectivity index (χ4n) is 2.58. The molecule has 23 heavy (non-hydrogen) atoms. The molecule has 0 saturated heterocycles. The van der Waals surface area contributed by atoms with Crippen molar-refractivity contribution in [1.82, 2.24) is 9.97 Å². The number of H-pyrrole nitrogens is 1. The number of thiazole rings is 1. The highest BCUT2D eigenvalue weighted by Gasteiger charge is 2.19. The van der Waals surface area contributed by atoms with Gasteiger partial charge in [-0.05, 0) is 30.3 Å². The number of sulfone groups is 1. The van der Waals surface area contributed by atoms with Crippen molar-refractivity contribution in [3.63, 3.8) is 0 Å². The molecule has 0 amide bonds. The number of fused-ring (bicyclic) bond motifs is 2. The van der Waals surface area contributed by atoms with Crippen LogP contribution in [0.4, 0.5) is 0 Å². The third-order valence-corrected chi connectivity index (χ3v) is 5.85. The number of nitrogens with zero attached hydrogens (tertiary/aromatic N) is 1. The first-order valence-corrected chi connectivity index (χ1v) is 9.55. The smallest absolute Gasteiger partial charge is 0.199 e. The Kier molecular flexibility index (Phi) is 2.97. The lowest BCUT2D eigenvalue weighted by Gasteiger charge is -1.99. The number of aromatic nitrogens is 2. The lowest BCUT2D eigenvalue weighted by molar-refractivity contribution is 0.460. The molecule has 0 fully saturated rings. The number of aromatic amines is 1. The van der Waals surface area contributed by atoms with Crippen molar-refractivity contribution >= 4 is 42.3 Å². The molecule has 0 saturated carbocycles. The summed E-state index contributed by atoms with van der Waals surface area (Å²) in [6.45, 7) is 0. The molecule has 2 N–H and O–H groups in total. The van der Waals surface area contributed by atoms with E-state index in [2.05, 4.69) is 9.97 Å². The predicted molar refractivity (Wildman–Crippen MR) is 91.7 cm³/mol. The number of benzene rings is 2. The summed E-state index contributed by atoms with van der Waals surface area (Å²) in [5.74, 6) is -0.00953. The number of para-hydroxylation sites is 1. The quantitative estimate of drug-likeness (QED) is 0.582. The predicted octanol–water partition coefficient (Wildman–Crippen LogP) is 3.55. The summed E-state index contributed by atoms with van der Waals surface area (Å²) in [6, 6.07) is 12.5. The van der Waals surface area contributed by atoms with E-state index in [-0.39, 0.29) is 10.8 Å². The first-order valence-electron chi connectivity index (χ1n) is 6.84. The molecule has 0 aliphatic heterocycles. The van der Waals surface area contributed by atoms with Crippen LogP contribution in [0.1, 0.15) is 0 Å². The van der Waals surface area contributed by atoms with Gasteiger partial charge in [-0.15, -0.1) is 11.3 Å². The minimum Gasteiger partial charge on any atom is -0.494 e. The van der Waals surface area contributed by atoms with Gasteiger partial charge in [0.25, 0.3) is 0 Å². The Morgan fingerprint density at radius 2 is 1.96 bits per heavy atom. The summed E-state index contributed by atoms with van der Waals surface area (Å²) in [7, 11) is -3.32. The molecular weight excluding hydrogens is 332 g/mol. The van der Waals surface area contributed by atoms with Crippen LogP contribution in [-0.4, -0.2) is 29.7 Å². The van der Waals surface area contributed by atoms with E-state index in [0.29, 0.717) is 21.5 Å². The second kappa shape index (κ2) is 4.81. The van der Waals surface area contributed by atoms with Gasteiger partial charge in [0.2, 0.25) is 0 Å². The number of hydrogen-bond donors (Lipinski definition) is 2. The lowest BCUT2D eigenvalue weighted by Crippen LogP contribution is -1.96. The highest BCUT2D eigenvalue weighted by Crippen LogP contribution is 2.40. The van der Waals surface area contributed by atoms with E-state index < -0.39 is 9.84 Å². The number of hydrogen-bond acceptors (Lipinski definition) is 5. The van der Waals surface area contributed by atoms with E-state index in [0.717, 1.165) is 16.5 Å². The maximum Gasteiger partial charge on any atom is 0.199 e. The Morgan fingerprint density at radius 1 is 1.17 bits per heavy atom. The second-order valence-electron chi connectivity index (χ2n) is 5.31. The van der Waals surface area contributed by atoms with Gasteiger partial charge >= 0.3 is 0 Å². The molecular formula is C16H12N2O3S2. The zero-order valence-electron chi connectivity index (χ0n) is 12.1. The van der Waals surface area contributed by atoms with E-state index >= 15 is 0 Å². The molecule has 4 aromatic rings. The van der Waals surface area contributed by atoms with Crippen LogP contribution in [-0.2, 0) is 9.84 Å². The third-order valence-electron chi connectivity index (χ3n) is 3.69. The molecule has 2 heterocycles. The van der Waals surface area contributed by atoms with Crippen LogP contribution in [0, 0.1) is 0 Å². The van der Waals surface area contributed by atoms with Crippen molar-refractivity contribution in [2.45, 2.75) is 4.90 Å². The van der Waals surface area contributed by atoms with Crippen LogP contribution in [0.5, 0.6) is 5.88 Å². The standard InChI is InChI=1S/C16H12N2O3S2/c1-23(20,21)9-6-7-11-10(8-9)14(15(19)17-11)16-18-12-4-2-3-5-13(12)22-16/h2-8,17,19H,1H3. The molecule has 116 valence electrons. The molecule has 5 nitrogen and oxygen atoms in total. The Bertz CT molecular complexity index is 1120. The topological polar surface area (TPSA) is 83.0 Å². The first-order chi connectivity index (χ1) is 10.9. The fourth-order valence-corrected chi connectivity index (χ4v) is 4.26. The minimum absolute atomic E-state index is 0.00953. The van der Waals surface area contributed by atoms with Crippen molar-refractivity contribution in [3.05, 3.63) is 42.5 Å². The van der Waals surface area contributed by atoms with Gasteiger partial charge in [0.05, 0.1) is 20.7 Å². The first kappa shape index (κ1) is 14.2. The summed E-state index contributed by atoms with van der Waals surface area (Å²) in [5.41, 5.74) is 2.05. The number of aromatic hydroxyl groups is 1. The minimum atomic E-state index is -3.32. The monoisotopic (exact) mass is 344 g/mol. The normalized spacial score (nSPS) is 12.2. The molecule has 0 atom stereocenters. The van der Waals surface area contributed by atoms with Crippen LogP contribution in [0.2, 0.25) is 0 Å². The molecule has 2 aromatic carbocycles. The van der Waals surface area contributed by atoms with Crippen LogP contribution >= 0.6 is 11.3 Å². The van der Waals surface area contributed by atoms with Gasteiger partial charge in [-0.25, -0.2) is 13.4 Å². The van der Waals surface area contributed by atoms with E-state index in [1.807, 2.05) is 24.3 Å². The largest absolute Gasteiger partial charge is 0.494 e. The van der Waals surface area contributed by atoms with Gasteiger partial charge in [-0.1, -0.05) is 12.1 Å². The molecule has 0 bridgehead atoms. The summed E-state index contributed by atoms with van der Waals surface area (Å²) in [4.78, 5) is 7.64. The fraction of sp³-hybridized carbons (Fsp3) is 0.0625. The van der Waals surface area contributed by atoms with Crippen LogP contribution in [0.25, 0.3) is 31.7 Å². The van der Waals surface area contributed by atoms with Gasteiger partial charge < -0.3 is 10.1 Å². The average molecular weight is 344 g/mol. The third kappa shape index (κ3) is 2.29. The molecule has 0 radical (unpaired) electrons. The van der Waals surface area contributed by atoms with Crippen molar-refractivity contribution in [3.8, 4) is 16.5 Å². The maximum absolute atomic E-state index is 11.8. The summed E-state index contributed by atoms with van der Waals surface area (Å²) >= 11 is 1.46. The zero-order valence-corrected chi connectivity index (χ0v) is 13.7. The van der Waals surface area contributed by atoms with Gasteiger partial charge in [0, 0.05) is 17.2 Å². The van der Waals surface area contributed by atoms with Crippen molar-refractivity contribution in [1.29, 1.82) is 0 Å². The summed E-state index contributed by atoms with van der Waals surface area (Å²) in [6.07, 6.45) is 1.16. The van der Waals surface area contributed by atoms with Crippen LogP contribution < -0.4 is 0 Å². The SMILES string of the molecule is CS(=O)(=O)c1ccc2[nH]c(O)c(-c3nc4ccccc4s3)c2c1. The highest BCUT2D eigenvalue weighted by molar-refractivity contribution is 7.90. The van der Waals surface area contributed by atoms with Gasteiger partial charge in [-0.3, -0.25) is 0 Å². The number of nitrogens with one attached hydrogen (secondary N) is 1. The summed E-state index contributed by atoms with van der Waals surface area (Å²) < 4.78 is 24.6. The van der Waals surface area contributed by atoms with Crippen molar-refractivity contribution < 1.29 is 13.5 Å². The zero-order chi connectivity index (χ0) is 16.2. The Balaban J connectivity index is 2.03. The summed E-state index contributed by atoms with van der Waals surface area (Å²) in [5, 5.41) is 11.6. The molecule has 2 aromatic heterocycles. The van der Waals surface area contributed by atoms with Crippen LogP contribution in [0.15, 0.2) is 47.4 Å². The lowest BCUT2D eigenvalue weighted by atomic mass is 10.2. The Labute approximate surface area is 136 Å². The molecule has 0 spiro atoms. The Hall–Kier alpha value is -2.38. The van der Waals surface area contributed by atoms with E-state index in [1.54, 1.807) is 12.1 Å². The van der Waals surface area contributed by atoms with Gasteiger partial charge in [0.15, 0.2) is 15.7 Å². The molecule has 0 unspecified atom stereocenters. The Morgan fingerprint density at radius 3 is 2.70 bits per heavy atom. The number of rotatable bonds is 2. The van der Waals surface area contributed by atoms with E-state index in [4.69, 9.17) is 0 Å². The maximum atomic E-state index is 11.8. The highest BCUT2D eigenvalue weighted by atomic mass is 32.2. The van der Waals surface area contributed by atoms with Crippen molar-refractivity contribution in [2.24, 2.45) is 0 Å². The van der Waals surface area contributed by atoms with Crippen molar-refractivity contribution in [2.75, 3.05) is 6.26 Å². The molecule has 0 aliphatic rings. The van der Waals surface area contributed by atoms with Gasteiger partial charge in [0.1, 0.15) is 5.01 Å². The van der Waals surface area contributed by atoms with E-state index in [9.17, 15) is 13.5 Å². The second-order valence-corrected chi connectivity index (χ2v) is 8.36. The molecule has 0 aliphatic carbocycles. The average Bonchev–Trinajstić information content (AvgIpc) is 3.04. The van der Waals surface area contributed by atoms with E-state index in [1.165, 1.54) is 17.4 Å². The van der Waals surface area contributed by atoms with Gasteiger partial charge in [-0.2, -0.15) is 0 Å². The van der Waals surface area contributed by atoms with Crippen LogP contribution in [0.3, 0.4) is 0 Å². The molecule has 7 heteroatoms. The molecule has 4 rings (SSSR count).